The monoisotopic (exact) mass is 293 g/mol. The Kier molecular flexibility index (Phi) is 3.74. The molecule has 4 heteroatoms. The molecule has 0 bridgehead atoms. The Balaban J connectivity index is 1.89. The SMILES string of the molecule is O=C(O)[C@H]1Cc2ccccc2N1C(=O)/C=C/c1ccccc1. The van der Waals surface area contributed by atoms with Crippen molar-refractivity contribution in [1.82, 2.24) is 0 Å². The van der Waals surface area contributed by atoms with Crippen LogP contribution in [0.3, 0.4) is 0 Å². The highest BCUT2D eigenvalue weighted by Crippen LogP contribution is 2.32. The van der Waals surface area contributed by atoms with Crippen LogP contribution in [0, 0.1) is 0 Å². The molecule has 3 rings (SSSR count). The third-order valence-electron chi connectivity index (χ3n) is 3.72. The Morgan fingerprint density at radius 1 is 1.05 bits per heavy atom. The fraction of sp³-hybridized carbons (Fsp3) is 0.111. The minimum atomic E-state index is -0.988. The molecule has 1 heterocycles. The second kappa shape index (κ2) is 5.85. The molecule has 4 nitrogen and oxygen atoms in total. The van der Waals surface area contributed by atoms with Gasteiger partial charge in [0.1, 0.15) is 6.04 Å². The molecule has 1 aliphatic heterocycles. The molecular weight excluding hydrogens is 278 g/mol. The molecule has 0 radical (unpaired) electrons. The summed E-state index contributed by atoms with van der Waals surface area (Å²) in [6.07, 6.45) is 3.46. The van der Waals surface area contributed by atoms with Gasteiger partial charge in [0.25, 0.3) is 5.91 Å². The molecule has 1 amide bonds. The number of hydrogen-bond donors (Lipinski definition) is 1. The molecule has 1 N–H and O–H groups in total. The minimum Gasteiger partial charge on any atom is -0.480 e. The van der Waals surface area contributed by atoms with Crippen LogP contribution in [-0.2, 0) is 16.0 Å². The van der Waals surface area contributed by atoms with Crippen molar-refractivity contribution in [3.8, 4) is 0 Å². The first kappa shape index (κ1) is 14.1. The van der Waals surface area contributed by atoms with Gasteiger partial charge in [0.15, 0.2) is 0 Å². The van der Waals surface area contributed by atoms with Crippen LogP contribution in [-0.4, -0.2) is 23.0 Å². The average molecular weight is 293 g/mol. The van der Waals surface area contributed by atoms with E-state index in [1.807, 2.05) is 48.5 Å². The van der Waals surface area contributed by atoms with Crippen molar-refractivity contribution in [3.63, 3.8) is 0 Å². The van der Waals surface area contributed by atoms with Crippen molar-refractivity contribution in [2.75, 3.05) is 4.90 Å². The maximum atomic E-state index is 12.5. The number of fused-ring (bicyclic) bond motifs is 1. The number of amides is 1. The first-order valence-corrected chi connectivity index (χ1v) is 7.04. The second-order valence-electron chi connectivity index (χ2n) is 5.14. The van der Waals surface area contributed by atoms with Gasteiger partial charge in [0, 0.05) is 18.2 Å². The molecular formula is C18H15NO3. The van der Waals surface area contributed by atoms with Crippen LogP contribution in [0.4, 0.5) is 5.69 Å². The van der Waals surface area contributed by atoms with Gasteiger partial charge >= 0.3 is 5.97 Å². The lowest BCUT2D eigenvalue weighted by Crippen LogP contribution is -2.42. The third kappa shape index (κ3) is 2.63. The van der Waals surface area contributed by atoms with Crippen molar-refractivity contribution >= 4 is 23.6 Å². The molecule has 0 aliphatic carbocycles. The van der Waals surface area contributed by atoms with Crippen molar-refractivity contribution in [1.29, 1.82) is 0 Å². The Bertz CT molecular complexity index is 737. The number of carboxylic acids is 1. The quantitative estimate of drug-likeness (QED) is 0.885. The lowest BCUT2D eigenvalue weighted by atomic mass is 10.1. The molecule has 0 aromatic heterocycles. The van der Waals surface area contributed by atoms with Crippen LogP contribution in [0.5, 0.6) is 0 Å². The number of nitrogens with zero attached hydrogens (tertiary/aromatic N) is 1. The van der Waals surface area contributed by atoms with Gasteiger partial charge < -0.3 is 5.11 Å². The van der Waals surface area contributed by atoms with Crippen molar-refractivity contribution in [3.05, 3.63) is 71.8 Å². The van der Waals surface area contributed by atoms with Gasteiger partial charge in [-0.15, -0.1) is 0 Å². The number of hydrogen-bond acceptors (Lipinski definition) is 2. The second-order valence-corrected chi connectivity index (χ2v) is 5.14. The number of para-hydroxylation sites is 1. The molecule has 22 heavy (non-hydrogen) atoms. The highest BCUT2D eigenvalue weighted by molar-refractivity contribution is 6.09. The molecule has 2 aromatic rings. The molecule has 0 saturated carbocycles. The summed E-state index contributed by atoms with van der Waals surface area (Å²) in [6.45, 7) is 0. The predicted octanol–water partition coefficient (Wildman–Crippen LogP) is 2.74. The number of benzene rings is 2. The number of rotatable bonds is 3. The normalized spacial score (nSPS) is 16.7. The first-order chi connectivity index (χ1) is 10.7. The molecule has 0 spiro atoms. The Labute approximate surface area is 128 Å². The summed E-state index contributed by atoms with van der Waals surface area (Å²) in [5, 5.41) is 9.37. The van der Waals surface area contributed by atoms with Crippen LogP contribution >= 0.6 is 0 Å². The molecule has 2 aromatic carbocycles. The van der Waals surface area contributed by atoms with E-state index in [0.717, 1.165) is 11.1 Å². The number of anilines is 1. The molecule has 110 valence electrons. The van der Waals surface area contributed by atoms with Gasteiger partial charge in [-0.05, 0) is 23.3 Å². The van der Waals surface area contributed by atoms with Crippen LogP contribution in [0.1, 0.15) is 11.1 Å². The first-order valence-electron chi connectivity index (χ1n) is 7.04. The largest absolute Gasteiger partial charge is 0.480 e. The number of aliphatic carboxylic acids is 1. The number of carbonyl (C=O) groups excluding carboxylic acids is 1. The van der Waals surface area contributed by atoms with E-state index in [0.29, 0.717) is 12.1 Å². The van der Waals surface area contributed by atoms with Crippen molar-refractivity contribution < 1.29 is 14.7 Å². The number of carbonyl (C=O) groups is 2. The fourth-order valence-corrected chi connectivity index (χ4v) is 2.67. The molecule has 1 aliphatic rings. The van der Waals surface area contributed by atoms with Crippen molar-refractivity contribution in [2.45, 2.75) is 12.5 Å². The summed E-state index contributed by atoms with van der Waals surface area (Å²) in [6, 6.07) is 15.9. The predicted molar refractivity (Wildman–Crippen MR) is 84.5 cm³/mol. The van der Waals surface area contributed by atoms with Crippen LogP contribution in [0.25, 0.3) is 6.08 Å². The van der Waals surface area contributed by atoms with Crippen molar-refractivity contribution in [2.24, 2.45) is 0 Å². The Hall–Kier alpha value is -2.88. The smallest absolute Gasteiger partial charge is 0.327 e. The van der Waals surface area contributed by atoms with E-state index in [1.165, 1.54) is 11.0 Å². The van der Waals surface area contributed by atoms with Gasteiger partial charge in [-0.3, -0.25) is 9.69 Å². The van der Waals surface area contributed by atoms with Gasteiger partial charge in [0.2, 0.25) is 0 Å². The highest BCUT2D eigenvalue weighted by atomic mass is 16.4. The van der Waals surface area contributed by atoms with E-state index < -0.39 is 12.0 Å². The fourth-order valence-electron chi connectivity index (χ4n) is 2.67. The Morgan fingerprint density at radius 3 is 2.45 bits per heavy atom. The summed E-state index contributed by atoms with van der Waals surface area (Å²) in [7, 11) is 0. The zero-order valence-electron chi connectivity index (χ0n) is 11.8. The molecule has 0 saturated heterocycles. The Morgan fingerprint density at radius 2 is 1.73 bits per heavy atom. The van der Waals surface area contributed by atoms with Crippen LogP contribution in [0.2, 0.25) is 0 Å². The maximum absolute atomic E-state index is 12.5. The highest BCUT2D eigenvalue weighted by Gasteiger charge is 2.37. The van der Waals surface area contributed by atoms with E-state index in [1.54, 1.807) is 12.1 Å². The van der Waals surface area contributed by atoms with Gasteiger partial charge in [-0.25, -0.2) is 4.79 Å². The third-order valence-corrected chi connectivity index (χ3v) is 3.72. The summed E-state index contributed by atoms with van der Waals surface area (Å²) >= 11 is 0. The molecule has 1 atom stereocenters. The van der Waals surface area contributed by atoms with Gasteiger partial charge in [-0.2, -0.15) is 0 Å². The summed E-state index contributed by atoms with van der Waals surface area (Å²) < 4.78 is 0. The minimum absolute atomic E-state index is 0.318. The van der Waals surface area contributed by atoms with Gasteiger partial charge in [0.05, 0.1) is 0 Å². The zero-order chi connectivity index (χ0) is 15.5. The zero-order valence-corrected chi connectivity index (χ0v) is 11.8. The standard InChI is InChI=1S/C18H15NO3/c20-17(11-10-13-6-2-1-3-7-13)19-15-9-5-4-8-14(15)12-16(19)18(21)22/h1-11,16H,12H2,(H,21,22)/b11-10+/t16-/m1/s1. The average Bonchev–Trinajstić information content (AvgIpc) is 2.93. The summed E-state index contributed by atoms with van der Waals surface area (Å²) in [5.74, 6) is -1.31. The lowest BCUT2D eigenvalue weighted by molar-refractivity contribution is -0.139. The lowest BCUT2D eigenvalue weighted by Gasteiger charge is -2.20. The maximum Gasteiger partial charge on any atom is 0.327 e. The van der Waals surface area contributed by atoms with Crippen LogP contribution < -0.4 is 4.90 Å². The molecule has 0 unspecified atom stereocenters. The van der Waals surface area contributed by atoms with E-state index in [9.17, 15) is 14.7 Å². The van der Waals surface area contributed by atoms with E-state index >= 15 is 0 Å². The van der Waals surface area contributed by atoms with Crippen LogP contribution in [0.15, 0.2) is 60.7 Å². The van der Waals surface area contributed by atoms with E-state index in [-0.39, 0.29) is 5.91 Å². The van der Waals surface area contributed by atoms with E-state index in [4.69, 9.17) is 0 Å². The summed E-state index contributed by atoms with van der Waals surface area (Å²) in [4.78, 5) is 25.3. The number of carboxylic acid groups (broad SMARTS) is 1. The topological polar surface area (TPSA) is 57.6 Å². The summed E-state index contributed by atoms with van der Waals surface area (Å²) in [5.41, 5.74) is 2.46. The molecule has 0 fully saturated rings. The van der Waals surface area contributed by atoms with Gasteiger partial charge in [-0.1, -0.05) is 48.5 Å². The van der Waals surface area contributed by atoms with E-state index in [2.05, 4.69) is 0 Å².